The lowest BCUT2D eigenvalue weighted by atomic mass is 10.1. The van der Waals surface area contributed by atoms with Gasteiger partial charge in [0.05, 0.1) is 19.6 Å². The normalized spacial score (nSPS) is 11.7. The molecule has 1 aromatic carbocycles. The Kier molecular flexibility index (Phi) is 4.67. The van der Waals surface area contributed by atoms with Gasteiger partial charge in [0, 0.05) is 5.69 Å². The zero-order chi connectivity index (χ0) is 13.7. The van der Waals surface area contributed by atoms with E-state index in [1.165, 1.54) is 0 Å². The molecule has 0 bridgehead atoms. The van der Waals surface area contributed by atoms with E-state index in [4.69, 9.17) is 15.6 Å². The maximum atomic E-state index is 11.6. The molecule has 1 atom stereocenters. The van der Waals surface area contributed by atoms with Crippen molar-refractivity contribution in [1.82, 2.24) is 0 Å². The molecule has 18 heavy (non-hydrogen) atoms. The van der Waals surface area contributed by atoms with Crippen LogP contribution in [-0.4, -0.2) is 30.1 Å². The highest BCUT2D eigenvalue weighted by molar-refractivity contribution is 5.97. The van der Waals surface area contributed by atoms with E-state index in [2.05, 4.69) is 5.32 Å². The first-order chi connectivity index (χ1) is 8.43. The Morgan fingerprint density at radius 2 is 2.17 bits per heavy atom. The van der Waals surface area contributed by atoms with E-state index in [-0.39, 0.29) is 0 Å². The number of hydrogen-bond donors (Lipinski definition) is 3. The number of nitrogens with two attached hydrogens (primary N) is 1. The van der Waals surface area contributed by atoms with Crippen molar-refractivity contribution in [1.29, 1.82) is 0 Å². The maximum absolute atomic E-state index is 11.6. The molecule has 98 valence electrons. The van der Waals surface area contributed by atoms with Gasteiger partial charge in [-0.1, -0.05) is 0 Å². The number of carbonyl (C=O) groups excluding carboxylic acids is 1. The molecule has 1 aromatic rings. The van der Waals surface area contributed by atoms with Gasteiger partial charge in [-0.15, -0.1) is 0 Å². The summed E-state index contributed by atoms with van der Waals surface area (Å²) in [4.78, 5) is 22.1. The van der Waals surface area contributed by atoms with Crippen LogP contribution in [0.15, 0.2) is 18.2 Å². The van der Waals surface area contributed by atoms with Gasteiger partial charge in [0.15, 0.2) is 0 Å². The molecule has 1 unspecified atom stereocenters. The highest BCUT2D eigenvalue weighted by Crippen LogP contribution is 2.21. The van der Waals surface area contributed by atoms with Crippen molar-refractivity contribution in [2.45, 2.75) is 19.4 Å². The minimum Gasteiger partial charge on any atom is -0.497 e. The molecule has 0 radical (unpaired) electrons. The summed E-state index contributed by atoms with van der Waals surface area (Å²) in [5.74, 6) is -0.949. The number of aliphatic carboxylic acids is 1. The van der Waals surface area contributed by atoms with Crippen molar-refractivity contribution in [2.75, 3.05) is 12.4 Å². The van der Waals surface area contributed by atoms with Gasteiger partial charge in [-0.25, -0.2) is 0 Å². The number of nitrogens with one attached hydrogen (secondary N) is 1. The van der Waals surface area contributed by atoms with Gasteiger partial charge in [-0.2, -0.15) is 0 Å². The highest BCUT2D eigenvalue weighted by Gasteiger charge is 2.17. The number of benzene rings is 1. The Hall–Kier alpha value is -2.08. The van der Waals surface area contributed by atoms with Crippen LogP contribution in [0, 0.1) is 6.92 Å². The summed E-state index contributed by atoms with van der Waals surface area (Å²) in [7, 11) is 1.55. The molecule has 0 aromatic heterocycles. The minimum atomic E-state index is -1.11. The van der Waals surface area contributed by atoms with Crippen LogP contribution in [0.2, 0.25) is 0 Å². The first-order valence-electron chi connectivity index (χ1n) is 5.37. The number of hydrogen-bond acceptors (Lipinski definition) is 4. The van der Waals surface area contributed by atoms with Gasteiger partial charge in [-0.05, 0) is 30.7 Å². The summed E-state index contributed by atoms with van der Waals surface area (Å²) >= 11 is 0. The lowest BCUT2D eigenvalue weighted by Gasteiger charge is -2.13. The van der Waals surface area contributed by atoms with Crippen LogP contribution in [0.5, 0.6) is 5.75 Å². The average Bonchev–Trinajstić information content (AvgIpc) is 2.30. The lowest BCUT2D eigenvalue weighted by Crippen LogP contribution is -2.37. The number of rotatable bonds is 5. The van der Waals surface area contributed by atoms with Gasteiger partial charge in [0.25, 0.3) is 0 Å². The fraction of sp³-hybridized carbons (Fsp3) is 0.333. The van der Waals surface area contributed by atoms with Crippen LogP contribution in [-0.2, 0) is 9.59 Å². The van der Waals surface area contributed by atoms with E-state index in [1.54, 1.807) is 32.2 Å². The predicted molar refractivity (Wildman–Crippen MR) is 66.6 cm³/mol. The van der Waals surface area contributed by atoms with E-state index < -0.39 is 24.3 Å². The Morgan fingerprint density at radius 3 is 2.67 bits per heavy atom. The van der Waals surface area contributed by atoms with E-state index in [0.717, 1.165) is 5.56 Å². The maximum Gasteiger partial charge on any atom is 0.305 e. The quantitative estimate of drug-likeness (QED) is 0.717. The summed E-state index contributed by atoms with van der Waals surface area (Å²) in [6.45, 7) is 1.81. The number of aryl methyl sites for hydroxylation is 1. The molecule has 0 aliphatic carbocycles. The topological polar surface area (TPSA) is 102 Å². The molecule has 6 heteroatoms. The number of methoxy groups -OCH3 is 1. The number of carbonyl (C=O) groups is 2. The smallest absolute Gasteiger partial charge is 0.305 e. The second kappa shape index (κ2) is 6.02. The third-order valence-corrected chi connectivity index (χ3v) is 2.42. The van der Waals surface area contributed by atoms with Gasteiger partial charge in [-0.3, -0.25) is 9.59 Å². The third-order valence-electron chi connectivity index (χ3n) is 2.42. The minimum absolute atomic E-state index is 0.402. The Bertz CT molecular complexity index is 459. The van der Waals surface area contributed by atoms with Gasteiger partial charge >= 0.3 is 5.97 Å². The summed E-state index contributed by atoms with van der Waals surface area (Å²) in [5, 5.41) is 11.1. The molecule has 1 rings (SSSR count). The molecule has 0 saturated carbocycles. The first kappa shape index (κ1) is 14.0. The third kappa shape index (κ3) is 3.74. The second-order valence-electron chi connectivity index (χ2n) is 3.87. The van der Waals surface area contributed by atoms with Crippen LogP contribution >= 0.6 is 0 Å². The van der Waals surface area contributed by atoms with Crippen LogP contribution in [0.25, 0.3) is 0 Å². The number of amides is 1. The van der Waals surface area contributed by atoms with Crippen LogP contribution in [0.4, 0.5) is 5.69 Å². The first-order valence-corrected chi connectivity index (χ1v) is 5.37. The van der Waals surface area contributed by atoms with E-state index in [1.807, 2.05) is 0 Å². The molecule has 1 amide bonds. The molecular weight excluding hydrogens is 236 g/mol. The van der Waals surface area contributed by atoms with Crippen LogP contribution in [0.1, 0.15) is 12.0 Å². The fourth-order valence-corrected chi connectivity index (χ4v) is 1.41. The Labute approximate surface area is 105 Å². The fourth-order valence-electron chi connectivity index (χ4n) is 1.41. The summed E-state index contributed by atoms with van der Waals surface area (Å²) < 4.78 is 5.04. The highest BCUT2D eigenvalue weighted by atomic mass is 16.5. The zero-order valence-corrected chi connectivity index (χ0v) is 10.3. The van der Waals surface area contributed by atoms with Crippen molar-refractivity contribution in [2.24, 2.45) is 5.73 Å². The van der Waals surface area contributed by atoms with Gasteiger partial charge in [0.2, 0.25) is 5.91 Å². The average molecular weight is 252 g/mol. The number of carboxylic acid groups (broad SMARTS) is 1. The zero-order valence-electron chi connectivity index (χ0n) is 10.3. The summed E-state index contributed by atoms with van der Waals surface area (Å²) in [6.07, 6.45) is -0.402. The van der Waals surface area contributed by atoms with Crippen molar-refractivity contribution >= 4 is 17.6 Å². The molecule has 4 N–H and O–H groups in total. The molecule has 0 aliphatic heterocycles. The molecule has 0 fully saturated rings. The standard InChI is InChI=1S/C12H16N2O4/c1-7-5-8(18-2)3-4-10(7)14-12(17)9(13)6-11(15)16/h3-5,9H,6,13H2,1-2H3,(H,14,17)(H,15,16). The molecule has 0 aliphatic rings. The second-order valence-corrected chi connectivity index (χ2v) is 3.87. The molecule has 6 nitrogen and oxygen atoms in total. The van der Waals surface area contributed by atoms with E-state index >= 15 is 0 Å². The van der Waals surface area contributed by atoms with E-state index in [9.17, 15) is 9.59 Å². The summed E-state index contributed by atoms with van der Waals surface area (Å²) in [5.41, 5.74) is 6.85. The number of anilines is 1. The molecule has 0 saturated heterocycles. The van der Waals surface area contributed by atoms with Crippen molar-refractivity contribution in [3.05, 3.63) is 23.8 Å². The molecule has 0 heterocycles. The Balaban J connectivity index is 2.72. The van der Waals surface area contributed by atoms with Gasteiger partial charge < -0.3 is 20.9 Å². The predicted octanol–water partition coefficient (Wildman–Crippen LogP) is 0.744. The Morgan fingerprint density at radius 1 is 1.50 bits per heavy atom. The lowest BCUT2D eigenvalue weighted by molar-refractivity contribution is -0.138. The molecule has 0 spiro atoms. The number of ether oxygens (including phenoxy) is 1. The van der Waals surface area contributed by atoms with Crippen LogP contribution in [0.3, 0.4) is 0 Å². The SMILES string of the molecule is COc1ccc(NC(=O)C(N)CC(=O)O)c(C)c1. The molecular formula is C12H16N2O4. The number of carboxylic acids is 1. The van der Waals surface area contributed by atoms with Gasteiger partial charge in [0.1, 0.15) is 5.75 Å². The van der Waals surface area contributed by atoms with Crippen molar-refractivity contribution < 1.29 is 19.4 Å². The summed E-state index contributed by atoms with van der Waals surface area (Å²) in [6, 6.07) is 4.08. The monoisotopic (exact) mass is 252 g/mol. The van der Waals surface area contributed by atoms with E-state index in [0.29, 0.717) is 11.4 Å². The van der Waals surface area contributed by atoms with Crippen LogP contribution < -0.4 is 15.8 Å². The largest absolute Gasteiger partial charge is 0.497 e. The van der Waals surface area contributed by atoms with Crippen molar-refractivity contribution in [3.8, 4) is 5.75 Å². The van der Waals surface area contributed by atoms with Crippen molar-refractivity contribution in [3.63, 3.8) is 0 Å².